The zero-order valence-electron chi connectivity index (χ0n) is 14.1. The summed E-state index contributed by atoms with van der Waals surface area (Å²) in [5.74, 6) is -0.594. The van der Waals surface area contributed by atoms with Crippen molar-refractivity contribution in [3.05, 3.63) is 39.7 Å². The molecule has 0 aliphatic carbocycles. The quantitative estimate of drug-likeness (QED) is 0.699. The summed E-state index contributed by atoms with van der Waals surface area (Å²) in [6.07, 6.45) is 2.15. The van der Waals surface area contributed by atoms with Crippen molar-refractivity contribution < 1.29 is 18.3 Å². The number of hydrogen-bond acceptors (Lipinski definition) is 5. The fourth-order valence-electron chi connectivity index (χ4n) is 3.07. The van der Waals surface area contributed by atoms with Crippen LogP contribution in [0.15, 0.2) is 38.3 Å². The van der Waals surface area contributed by atoms with Crippen molar-refractivity contribution in [1.82, 2.24) is 0 Å². The van der Waals surface area contributed by atoms with Crippen LogP contribution in [-0.4, -0.2) is 32.6 Å². The predicted molar refractivity (Wildman–Crippen MR) is 107 cm³/mol. The fourth-order valence-corrected chi connectivity index (χ4v) is 6.15. The lowest BCUT2D eigenvalue weighted by Gasteiger charge is -2.34. The van der Waals surface area contributed by atoms with E-state index in [1.54, 1.807) is 12.1 Å². The van der Waals surface area contributed by atoms with E-state index in [9.17, 15) is 18.3 Å². The topological polar surface area (TPSA) is 86.7 Å². The van der Waals surface area contributed by atoms with E-state index >= 15 is 0 Å². The molecular formula is C17H19BrN2O4S2. The number of halogens is 1. The molecule has 2 N–H and O–H groups in total. The van der Waals surface area contributed by atoms with Crippen molar-refractivity contribution in [2.75, 3.05) is 22.7 Å². The van der Waals surface area contributed by atoms with Crippen molar-refractivity contribution in [3.8, 4) is 0 Å². The molecule has 1 aliphatic rings. The molecular weight excluding hydrogens is 440 g/mol. The number of anilines is 2. The van der Waals surface area contributed by atoms with Gasteiger partial charge in [0.05, 0.1) is 20.7 Å². The number of aromatic carboxylic acids is 1. The first-order chi connectivity index (χ1) is 12.3. The van der Waals surface area contributed by atoms with Gasteiger partial charge >= 0.3 is 5.97 Å². The van der Waals surface area contributed by atoms with Gasteiger partial charge in [0, 0.05) is 13.1 Å². The molecule has 0 spiro atoms. The molecule has 0 radical (unpaired) electrons. The van der Waals surface area contributed by atoms with E-state index in [2.05, 4.69) is 32.5 Å². The summed E-state index contributed by atoms with van der Waals surface area (Å²) in [6, 6.07) is 7.76. The van der Waals surface area contributed by atoms with Crippen LogP contribution in [0.3, 0.4) is 0 Å². The first-order valence-corrected chi connectivity index (χ1v) is 11.3. The van der Waals surface area contributed by atoms with Crippen LogP contribution in [0.4, 0.5) is 11.4 Å². The number of benzene rings is 1. The summed E-state index contributed by atoms with van der Waals surface area (Å²) >= 11 is 4.37. The van der Waals surface area contributed by atoms with E-state index in [0.29, 0.717) is 21.1 Å². The zero-order valence-corrected chi connectivity index (χ0v) is 17.3. The van der Waals surface area contributed by atoms with E-state index in [4.69, 9.17) is 0 Å². The second-order valence-electron chi connectivity index (χ2n) is 6.39. The molecule has 2 aromatic rings. The molecule has 6 nitrogen and oxygen atoms in total. The Morgan fingerprint density at radius 1 is 1.35 bits per heavy atom. The summed E-state index contributed by atoms with van der Waals surface area (Å²) in [4.78, 5) is 13.4. The molecule has 0 amide bonds. The van der Waals surface area contributed by atoms with Crippen LogP contribution in [-0.2, 0) is 10.0 Å². The Balaban J connectivity index is 2.00. The molecule has 1 aromatic heterocycles. The molecule has 2 heterocycles. The third-order valence-corrected chi connectivity index (χ3v) is 7.78. The van der Waals surface area contributed by atoms with Crippen LogP contribution in [0.5, 0.6) is 0 Å². The number of nitrogens with one attached hydrogen (secondary N) is 1. The van der Waals surface area contributed by atoms with Gasteiger partial charge < -0.3 is 10.0 Å². The van der Waals surface area contributed by atoms with Gasteiger partial charge in [-0.05, 0) is 65.0 Å². The highest BCUT2D eigenvalue weighted by atomic mass is 79.9. The van der Waals surface area contributed by atoms with Crippen molar-refractivity contribution >= 4 is 54.6 Å². The van der Waals surface area contributed by atoms with E-state index < -0.39 is 16.0 Å². The Morgan fingerprint density at radius 3 is 2.73 bits per heavy atom. The summed E-state index contributed by atoms with van der Waals surface area (Å²) in [5.41, 5.74) is 1.05. The molecule has 140 valence electrons. The van der Waals surface area contributed by atoms with Crippen LogP contribution in [0.25, 0.3) is 0 Å². The zero-order chi connectivity index (χ0) is 18.9. The van der Waals surface area contributed by atoms with Gasteiger partial charge in [-0.15, -0.1) is 11.3 Å². The summed E-state index contributed by atoms with van der Waals surface area (Å²) < 4.78 is 28.9. The number of rotatable bonds is 5. The van der Waals surface area contributed by atoms with Gasteiger partial charge in [-0.1, -0.05) is 6.92 Å². The average molecular weight is 459 g/mol. The second-order valence-corrected chi connectivity index (χ2v) is 10.8. The van der Waals surface area contributed by atoms with Crippen molar-refractivity contribution in [2.45, 2.75) is 24.0 Å². The van der Waals surface area contributed by atoms with Gasteiger partial charge in [0.2, 0.25) is 0 Å². The Kier molecular flexibility index (Phi) is 5.59. The summed E-state index contributed by atoms with van der Waals surface area (Å²) in [5, 5.41) is 9.28. The van der Waals surface area contributed by atoms with Gasteiger partial charge in [0.15, 0.2) is 0 Å². The monoisotopic (exact) mass is 458 g/mol. The third kappa shape index (κ3) is 4.21. The predicted octanol–water partition coefficient (Wildman–Crippen LogP) is 4.25. The molecule has 0 saturated carbocycles. The lowest BCUT2D eigenvalue weighted by molar-refractivity contribution is 0.0697. The molecule has 3 rings (SSSR count). The maximum Gasteiger partial charge on any atom is 0.335 e. The standard InChI is InChI=1S/C17H19BrN2O4S2/c1-11-3-2-8-20(10-11)14-5-4-12(17(21)22)9-13(14)19-26(23,24)16-7-6-15(18)25-16/h4-7,9,11,19H,2-3,8,10H2,1H3,(H,21,22)/t11-/m1/s1. The first kappa shape index (κ1) is 19.2. The van der Waals surface area contributed by atoms with Gasteiger partial charge in [-0.2, -0.15) is 0 Å². The van der Waals surface area contributed by atoms with Crippen LogP contribution in [0.1, 0.15) is 30.1 Å². The molecule has 1 saturated heterocycles. The molecule has 1 fully saturated rings. The van der Waals surface area contributed by atoms with Gasteiger partial charge in [-0.25, -0.2) is 13.2 Å². The van der Waals surface area contributed by atoms with Crippen LogP contribution in [0.2, 0.25) is 0 Å². The number of sulfonamides is 1. The number of nitrogens with zero attached hydrogens (tertiary/aromatic N) is 1. The smallest absolute Gasteiger partial charge is 0.335 e. The minimum Gasteiger partial charge on any atom is -0.478 e. The SMILES string of the molecule is C[C@@H]1CCCN(c2ccc(C(=O)O)cc2NS(=O)(=O)c2ccc(Br)s2)C1. The number of piperidine rings is 1. The van der Waals surface area contributed by atoms with Crippen molar-refractivity contribution in [2.24, 2.45) is 5.92 Å². The van der Waals surface area contributed by atoms with E-state index in [0.717, 1.165) is 37.3 Å². The van der Waals surface area contributed by atoms with Gasteiger partial charge in [0.25, 0.3) is 10.0 Å². The van der Waals surface area contributed by atoms with Crippen molar-refractivity contribution in [3.63, 3.8) is 0 Å². The normalized spacial score (nSPS) is 17.9. The number of hydrogen-bond donors (Lipinski definition) is 2. The summed E-state index contributed by atoms with van der Waals surface area (Å²) in [6.45, 7) is 3.78. The summed E-state index contributed by atoms with van der Waals surface area (Å²) in [7, 11) is -3.79. The highest BCUT2D eigenvalue weighted by Crippen LogP contribution is 2.34. The molecule has 1 aliphatic heterocycles. The molecule has 1 aromatic carbocycles. The Morgan fingerprint density at radius 2 is 2.12 bits per heavy atom. The highest BCUT2D eigenvalue weighted by Gasteiger charge is 2.24. The number of carboxylic acid groups (broad SMARTS) is 1. The van der Waals surface area contributed by atoms with E-state index in [1.165, 1.54) is 18.2 Å². The number of carboxylic acids is 1. The number of carbonyl (C=O) groups is 1. The van der Waals surface area contributed by atoms with E-state index in [-0.39, 0.29) is 9.77 Å². The molecule has 1 atom stereocenters. The third-order valence-electron chi connectivity index (χ3n) is 4.30. The first-order valence-electron chi connectivity index (χ1n) is 8.17. The molecule has 26 heavy (non-hydrogen) atoms. The highest BCUT2D eigenvalue weighted by molar-refractivity contribution is 9.11. The van der Waals surface area contributed by atoms with Crippen LogP contribution in [0, 0.1) is 5.92 Å². The largest absolute Gasteiger partial charge is 0.478 e. The Bertz CT molecular complexity index is 927. The molecule has 0 unspecified atom stereocenters. The lowest BCUT2D eigenvalue weighted by atomic mass is 9.99. The average Bonchev–Trinajstić information content (AvgIpc) is 3.02. The van der Waals surface area contributed by atoms with Gasteiger partial charge in [0.1, 0.15) is 4.21 Å². The Hall–Kier alpha value is -1.58. The molecule has 0 bridgehead atoms. The van der Waals surface area contributed by atoms with Crippen molar-refractivity contribution in [1.29, 1.82) is 0 Å². The minimum absolute atomic E-state index is 0.0452. The molecule has 9 heteroatoms. The fraction of sp³-hybridized carbons (Fsp3) is 0.353. The van der Waals surface area contributed by atoms with Crippen LogP contribution < -0.4 is 9.62 Å². The van der Waals surface area contributed by atoms with Gasteiger partial charge in [-0.3, -0.25) is 4.72 Å². The maximum absolute atomic E-state index is 12.7. The van der Waals surface area contributed by atoms with E-state index in [1.807, 2.05) is 0 Å². The lowest BCUT2D eigenvalue weighted by Crippen LogP contribution is -2.35. The number of thiophene rings is 1. The Labute approximate surface area is 165 Å². The second kappa shape index (κ2) is 7.58. The van der Waals surface area contributed by atoms with Crippen LogP contribution >= 0.6 is 27.3 Å². The minimum atomic E-state index is -3.79. The maximum atomic E-state index is 12.7.